The Labute approximate surface area is 92.6 Å². The van der Waals surface area contributed by atoms with Crippen molar-refractivity contribution in [2.75, 3.05) is 32.2 Å². The molecule has 2 nitrogen and oxygen atoms in total. The van der Waals surface area contributed by atoms with Crippen LogP contribution in [-0.2, 0) is 4.74 Å². The normalized spacial score (nSPS) is 26.4. The predicted octanol–water partition coefficient (Wildman–Crippen LogP) is 2.36. The number of ether oxygens (including phenoxy) is 1. The van der Waals surface area contributed by atoms with Crippen molar-refractivity contribution in [1.29, 1.82) is 0 Å². The van der Waals surface area contributed by atoms with Crippen molar-refractivity contribution in [2.45, 2.75) is 32.7 Å². The van der Waals surface area contributed by atoms with Gasteiger partial charge in [0.1, 0.15) is 0 Å². The molecule has 1 aliphatic heterocycles. The van der Waals surface area contributed by atoms with Crippen LogP contribution in [0.15, 0.2) is 0 Å². The van der Waals surface area contributed by atoms with Gasteiger partial charge in [0.2, 0.25) is 0 Å². The smallest absolute Gasteiger partial charge is 0.0619 e. The lowest BCUT2D eigenvalue weighted by Crippen LogP contribution is -2.44. The Hall–Kier alpha value is 0.210. The van der Waals surface area contributed by atoms with Crippen molar-refractivity contribution in [3.05, 3.63) is 0 Å². The summed E-state index contributed by atoms with van der Waals surface area (Å²) in [4.78, 5) is 2.52. The zero-order valence-electron chi connectivity index (χ0n) is 9.34. The molecule has 14 heavy (non-hydrogen) atoms. The van der Waals surface area contributed by atoms with E-state index in [2.05, 4.69) is 18.7 Å². The first-order valence-corrected chi connectivity index (χ1v) is 6.15. The van der Waals surface area contributed by atoms with Gasteiger partial charge in [0, 0.05) is 18.5 Å². The van der Waals surface area contributed by atoms with Crippen LogP contribution in [0.5, 0.6) is 0 Å². The van der Waals surface area contributed by atoms with Gasteiger partial charge in [-0.25, -0.2) is 0 Å². The highest BCUT2D eigenvalue weighted by atomic mass is 35.5. The number of nitrogens with zero attached hydrogens (tertiary/aromatic N) is 1. The Kier molecular flexibility index (Phi) is 5.83. The number of halogens is 1. The van der Waals surface area contributed by atoms with Gasteiger partial charge in [-0.2, -0.15) is 0 Å². The van der Waals surface area contributed by atoms with Gasteiger partial charge in [0.25, 0.3) is 0 Å². The first-order valence-electron chi connectivity index (χ1n) is 5.61. The molecule has 0 aromatic carbocycles. The molecular formula is C11H22ClNO. The highest BCUT2D eigenvalue weighted by Gasteiger charge is 2.18. The molecule has 0 aromatic heterocycles. The standard InChI is InChI=1S/C11H22ClNO/c1-10(3-5-12)4-6-13-7-8-14-9-11(13)2/h10-11H,3-9H2,1-2H3. The molecule has 0 N–H and O–H groups in total. The van der Waals surface area contributed by atoms with Crippen LogP contribution in [0.3, 0.4) is 0 Å². The summed E-state index contributed by atoms with van der Waals surface area (Å²) < 4.78 is 5.40. The maximum Gasteiger partial charge on any atom is 0.0619 e. The van der Waals surface area contributed by atoms with Crippen LogP contribution in [0.25, 0.3) is 0 Å². The maximum atomic E-state index is 5.71. The SMILES string of the molecule is CC(CCCl)CCN1CCOCC1C. The number of alkyl halides is 1. The van der Waals surface area contributed by atoms with E-state index in [1.165, 1.54) is 13.0 Å². The molecule has 2 unspecified atom stereocenters. The van der Waals surface area contributed by atoms with E-state index in [9.17, 15) is 0 Å². The third-order valence-corrected chi connectivity index (χ3v) is 3.23. The fourth-order valence-electron chi connectivity index (χ4n) is 1.81. The van der Waals surface area contributed by atoms with Gasteiger partial charge in [-0.3, -0.25) is 4.90 Å². The summed E-state index contributed by atoms with van der Waals surface area (Å²) in [6.07, 6.45) is 2.40. The van der Waals surface area contributed by atoms with Gasteiger partial charge in [-0.05, 0) is 32.2 Å². The molecule has 0 spiro atoms. The molecule has 84 valence electrons. The molecule has 1 heterocycles. The van der Waals surface area contributed by atoms with Crippen molar-refractivity contribution >= 4 is 11.6 Å². The minimum absolute atomic E-state index is 0.590. The number of hydrogen-bond acceptors (Lipinski definition) is 2. The second-order valence-corrected chi connectivity index (χ2v) is 4.71. The lowest BCUT2D eigenvalue weighted by atomic mass is 10.0. The van der Waals surface area contributed by atoms with Gasteiger partial charge < -0.3 is 4.74 Å². The molecular weight excluding hydrogens is 198 g/mol. The van der Waals surface area contributed by atoms with Gasteiger partial charge in [0.15, 0.2) is 0 Å². The molecule has 0 aromatic rings. The van der Waals surface area contributed by atoms with E-state index in [0.717, 1.165) is 38.0 Å². The van der Waals surface area contributed by atoms with E-state index in [-0.39, 0.29) is 0 Å². The molecule has 0 bridgehead atoms. The summed E-state index contributed by atoms with van der Waals surface area (Å²) in [5, 5.41) is 0. The van der Waals surface area contributed by atoms with Crippen molar-refractivity contribution < 1.29 is 4.74 Å². The van der Waals surface area contributed by atoms with Gasteiger partial charge in [-0.1, -0.05) is 6.92 Å². The molecule has 1 aliphatic rings. The molecule has 0 amide bonds. The number of morpholine rings is 1. The second-order valence-electron chi connectivity index (χ2n) is 4.33. The van der Waals surface area contributed by atoms with Crippen LogP contribution in [0.4, 0.5) is 0 Å². The van der Waals surface area contributed by atoms with Crippen LogP contribution in [0.2, 0.25) is 0 Å². The van der Waals surface area contributed by atoms with E-state index >= 15 is 0 Å². The largest absolute Gasteiger partial charge is 0.379 e. The molecule has 2 atom stereocenters. The van der Waals surface area contributed by atoms with Crippen molar-refractivity contribution in [3.8, 4) is 0 Å². The summed E-state index contributed by atoms with van der Waals surface area (Å²) >= 11 is 5.71. The lowest BCUT2D eigenvalue weighted by molar-refractivity contribution is -0.00229. The molecule has 3 heteroatoms. The van der Waals surface area contributed by atoms with Crippen molar-refractivity contribution in [3.63, 3.8) is 0 Å². The van der Waals surface area contributed by atoms with Gasteiger partial charge >= 0.3 is 0 Å². The maximum absolute atomic E-state index is 5.71. The van der Waals surface area contributed by atoms with E-state index in [1.807, 2.05) is 0 Å². The average molecular weight is 220 g/mol. The van der Waals surface area contributed by atoms with Crippen LogP contribution in [-0.4, -0.2) is 43.1 Å². The van der Waals surface area contributed by atoms with E-state index in [0.29, 0.717) is 6.04 Å². The Morgan fingerprint density at radius 1 is 1.50 bits per heavy atom. The minimum Gasteiger partial charge on any atom is -0.379 e. The van der Waals surface area contributed by atoms with Crippen LogP contribution < -0.4 is 0 Å². The highest BCUT2D eigenvalue weighted by molar-refractivity contribution is 6.17. The molecule has 1 fully saturated rings. The van der Waals surface area contributed by atoms with Crippen LogP contribution >= 0.6 is 11.6 Å². The number of rotatable bonds is 5. The van der Waals surface area contributed by atoms with E-state index < -0.39 is 0 Å². The van der Waals surface area contributed by atoms with Gasteiger partial charge in [0.05, 0.1) is 13.2 Å². The number of hydrogen-bond donors (Lipinski definition) is 0. The van der Waals surface area contributed by atoms with Crippen LogP contribution in [0, 0.1) is 5.92 Å². The Morgan fingerprint density at radius 2 is 2.29 bits per heavy atom. The Bertz CT molecular complexity index is 154. The molecule has 0 saturated carbocycles. The summed E-state index contributed by atoms with van der Waals surface area (Å²) in [6.45, 7) is 8.61. The monoisotopic (exact) mass is 219 g/mol. The third-order valence-electron chi connectivity index (χ3n) is 3.02. The topological polar surface area (TPSA) is 12.5 Å². The summed E-state index contributed by atoms with van der Waals surface area (Å²) in [5.41, 5.74) is 0. The lowest BCUT2D eigenvalue weighted by Gasteiger charge is -2.33. The molecule has 1 rings (SSSR count). The summed E-state index contributed by atoms with van der Waals surface area (Å²) in [6, 6.07) is 0.590. The molecule has 0 radical (unpaired) electrons. The summed E-state index contributed by atoms with van der Waals surface area (Å²) in [7, 11) is 0. The Morgan fingerprint density at radius 3 is 2.93 bits per heavy atom. The van der Waals surface area contributed by atoms with Gasteiger partial charge in [-0.15, -0.1) is 11.6 Å². The van der Waals surface area contributed by atoms with Crippen molar-refractivity contribution in [2.24, 2.45) is 5.92 Å². The summed E-state index contributed by atoms with van der Waals surface area (Å²) in [5.74, 6) is 1.54. The van der Waals surface area contributed by atoms with E-state index in [4.69, 9.17) is 16.3 Å². The average Bonchev–Trinajstić information content (AvgIpc) is 2.17. The van der Waals surface area contributed by atoms with Crippen molar-refractivity contribution in [1.82, 2.24) is 4.90 Å². The predicted molar refractivity (Wildman–Crippen MR) is 61.0 cm³/mol. The second kappa shape index (κ2) is 6.65. The first-order chi connectivity index (χ1) is 6.74. The van der Waals surface area contributed by atoms with Crippen LogP contribution in [0.1, 0.15) is 26.7 Å². The fraction of sp³-hybridized carbons (Fsp3) is 1.00. The third kappa shape index (κ3) is 4.16. The fourth-order valence-corrected chi connectivity index (χ4v) is 2.18. The quantitative estimate of drug-likeness (QED) is 0.659. The highest BCUT2D eigenvalue weighted by Crippen LogP contribution is 2.12. The molecule has 1 saturated heterocycles. The van der Waals surface area contributed by atoms with E-state index in [1.54, 1.807) is 0 Å². The first kappa shape index (κ1) is 12.3. The Balaban J connectivity index is 2.15. The zero-order valence-corrected chi connectivity index (χ0v) is 10.1. The molecule has 0 aliphatic carbocycles. The zero-order chi connectivity index (χ0) is 10.4. The minimum atomic E-state index is 0.590.